The Morgan fingerprint density at radius 1 is 1.27 bits per heavy atom. The summed E-state index contributed by atoms with van der Waals surface area (Å²) in [6.45, 7) is 6.68. The van der Waals surface area contributed by atoms with E-state index in [0.29, 0.717) is 31.8 Å². The van der Waals surface area contributed by atoms with Gasteiger partial charge >= 0.3 is 0 Å². The number of phenolic OH excluding ortho intramolecular Hbond substituents is 1. The number of para-hydroxylation sites is 1. The number of phenols is 1. The van der Waals surface area contributed by atoms with Gasteiger partial charge < -0.3 is 24.8 Å². The molecule has 7 heteroatoms. The first-order valence-electron chi connectivity index (χ1n) is 10.3. The maximum atomic E-state index is 13.3. The third-order valence-corrected chi connectivity index (χ3v) is 5.08. The third kappa shape index (κ3) is 5.42. The van der Waals surface area contributed by atoms with Gasteiger partial charge in [0.15, 0.2) is 17.5 Å². The van der Waals surface area contributed by atoms with Crippen LogP contribution in [-0.2, 0) is 11.2 Å². The molecule has 1 fully saturated rings. The minimum atomic E-state index is -0.254. The van der Waals surface area contributed by atoms with E-state index < -0.39 is 0 Å². The van der Waals surface area contributed by atoms with E-state index in [2.05, 4.69) is 10.2 Å². The van der Waals surface area contributed by atoms with Crippen LogP contribution in [0.2, 0.25) is 0 Å². The van der Waals surface area contributed by atoms with Gasteiger partial charge in [-0.15, -0.1) is 0 Å². The lowest BCUT2D eigenvalue weighted by Crippen LogP contribution is -2.50. The predicted molar refractivity (Wildman–Crippen MR) is 116 cm³/mol. The molecule has 2 N–H and O–H groups in total. The summed E-state index contributed by atoms with van der Waals surface area (Å²) in [5.74, 6) is 1.18. The summed E-state index contributed by atoms with van der Waals surface area (Å²) in [5.41, 5.74) is 1.75. The van der Waals surface area contributed by atoms with Gasteiger partial charge in [0, 0.05) is 19.6 Å². The Kier molecular flexibility index (Phi) is 7.52. The minimum absolute atomic E-state index is 0.0140. The number of halogens is 1. The highest BCUT2D eigenvalue weighted by molar-refractivity contribution is 5.80. The molecule has 162 valence electrons. The first-order chi connectivity index (χ1) is 14.5. The highest BCUT2D eigenvalue weighted by atomic mass is 19.1. The lowest BCUT2D eigenvalue weighted by Gasteiger charge is -2.38. The zero-order valence-corrected chi connectivity index (χ0v) is 17.8. The second-order valence-corrected chi connectivity index (χ2v) is 7.35. The number of nitrogens with one attached hydrogen (secondary N) is 1. The van der Waals surface area contributed by atoms with Crippen molar-refractivity contribution in [3.05, 3.63) is 59.4 Å². The second-order valence-electron chi connectivity index (χ2n) is 7.35. The Bertz CT molecular complexity index is 857. The number of aromatic hydroxyl groups is 1. The molecule has 2 aromatic carbocycles. The SMILES string of the molecule is CCNC(=NCCc1cccc(OC)c1O)N1CC(C)OC(c2ccc(F)cc2)C1. The Hall–Kier alpha value is -2.80. The van der Waals surface area contributed by atoms with Crippen molar-refractivity contribution >= 4 is 5.96 Å². The van der Waals surface area contributed by atoms with Crippen LogP contribution in [0.5, 0.6) is 11.5 Å². The van der Waals surface area contributed by atoms with Gasteiger partial charge in [-0.1, -0.05) is 24.3 Å². The molecular weight excluding hydrogens is 385 g/mol. The van der Waals surface area contributed by atoms with E-state index in [9.17, 15) is 9.50 Å². The average molecular weight is 416 g/mol. The molecule has 0 bridgehead atoms. The lowest BCUT2D eigenvalue weighted by atomic mass is 10.1. The molecule has 1 saturated heterocycles. The van der Waals surface area contributed by atoms with Crippen molar-refractivity contribution in [3.63, 3.8) is 0 Å². The van der Waals surface area contributed by atoms with E-state index in [0.717, 1.165) is 23.6 Å². The van der Waals surface area contributed by atoms with Gasteiger partial charge in [-0.3, -0.25) is 4.99 Å². The van der Waals surface area contributed by atoms with Crippen LogP contribution in [0.15, 0.2) is 47.5 Å². The zero-order valence-electron chi connectivity index (χ0n) is 17.8. The number of benzene rings is 2. The smallest absolute Gasteiger partial charge is 0.194 e. The molecule has 1 aliphatic heterocycles. The van der Waals surface area contributed by atoms with Crippen LogP contribution >= 0.6 is 0 Å². The summed E-state index contributed by atoms with van der Waals surface area (Å²) < 4.78 is 24.6. The summed E-state index contributed by atoms with van der Waals surface area (Å²) in [6, 6.07) is 11.9. The number of rotatable bonds is 6. The number of nitrogens with zero attached hydrogens (tertiary/aromatic N) is 2. The minimum Gasteiger partial charge on any atom is -0.504 e. The van der Waals surface area contributed by atoms with Gasteiger partial charge in [0.25, 0.3) is 0 Å². The fourth-order valence-corrected chi connectivity index (χ4v) is 3.63. The standard InChI is InChI=1S/C23H30FN3O3/c1-4-25-23(26-13-12-18-6-5-7-20(29-3)22(18)28)27-14-16(2)30-21(15-27)17-8-10-19(24)11-9-17/h5-11,16,21,28H,4,12-15H2,1-3H3,(H,25,26). The van der Waals surface area contributed by atoms with E-state index in [4.69, 9.17) is 14.5 Å². The Labute approximate surface area is 177 Å². The number of aliphatic imine (C=N–C) groups is 1. The molecule has 0 aliphatic carbocycles. The van der Waals surface area contributed by atoms with Gasteiger partial charge in [0.1, 0.15) is 11.9 Å². The topological polar surface area (TPSA) is 66.3 Å². The van der Waals surface area contributed by atoms with Crippen molar-refractivity contribution < 1.29 is 19.0 Å². The van der Waals surface area contributed by atoms with Crippen LogP contribution in [-0.4, -0.2) is 55.4 Å². The summed E-state index contributed by atoms with van der Waals surface area (Å²) in [5, 5.41) is 13.6. The fraction of sp³-hybridized carbons (Fsp3) is 0.435. The molecule has 0 radical (unpaired) electrons. The van der Waals surface area contributed by atoms with Crippen LogP contribution in [0, 0.1) is 5.82 Å². The molecule has 30 heavy (non-hydrogen) atoms. The molecule has 6 nitrogen and oxygen atoms in total. The van der Waals surface area contributed by atoms with E-state index >= 15 is 0 Å². The number of guanidine groups is 1. The lowest BCUT2D eigenvalue weighted by molar-refractivity contribution is -0.0605. The van der Waals surface area contributed by atoms with Crippen molar-refractivity contribution in [2.45, 2.75) is 32.5 Å². The van der Waals surface area contributed by atoms with Gasteiger partial charge in [-0.05, 0) is 49.6 Å². The number of hydrogen-bond acceptors (Lipinski definition) is 4. The van der Waals surface area contributed by atoms with Crippen molar-refractivity contribution in [1.29, 1.82) is 0 Å². The predicted octanol–water partition coefficient (Wildman–Crippen LogP) is 3.51. The zero-order chi connectivity index (χ0) is 21.5. The largest absolute Gasteiger partial charge is 0.504 e. The number of ether oxygens (including phenoxy) is 2. The number of methoxy groups -OCH3 is 1. The van der Waals surface area contributed by atoms with Gasteiger partial charge in [0.05, 0.1) is 19.8 Å². The van der Waals surface area contributed by atoms with E-state index in [1.807, 2.05) is 26.0 Å². The highest BCUT2D eigenvalue weighted by Crippen LogP contribution is 2.29. The van der Waals surface area contributed by atoms with E-state index in [-0.39, 0.29) is 23.8 Å². The molecule has 3 rings (SSSR count). The molecule has 2 aromatic rings. The molecule has 0 saturated carbocycles. The molecule has 1 aliphatic rings. The van der Waals surface area contributed by atoms with Gasteiger partial charge in [-0.25, -0.2) is 4.39 Å². The quantitative estimate of drug-likeness (QED) is 0.558. The second kappa shape index (κ2) is 10.3. The first-order valence-corrected chi connectivity index (χ1v) is 10.3. The van der Waals surface area contributed by atoms with E-state index in [1.165, 1.54) is 19.2 Å². The van der Waals surface area contributed by atoms with Crippen LogP contribution in [0.25, 0.3) is 0 Å². The monoisotopic (exact) mass is 415 g/mol. The Morgan fingerprint density at radius 2 is 2.03 bits per heavy atom. The Balaban J connectivity index is 1.71. The average Bonchev–Trinajstić information content (AvgIpc) is 2.74. The van der Waals surface area contributed by atoms with Gasteiger partial charge in [0.2, 0.25) is 0 Å². The van der Waals surface area contributed by atoms with Crippen molar-refractivity contribution in [2.75, 3.05) is 33.3 Å². The highest BCUT2D eigenvalue weighted by Gasteiger charge is 2.28. The number of morpholine rings is 1. The molecule has 0 amide bonds. The van der Waals surface area contributed by atoms with Crippen LogP contribution < -0.4 is 10.1 Å². The normalized spacial score (nSPS) is 19.6. The van der Waals surface area contributed by atoms with Crippen LogP contribution in [0.1, 0.15) is 31.1 Å². The summed E-state index contributed by atoms with van der Waals surface area (Å²) in [7, 11) is 1.54. The first kappa shape index (κ1) is 21.9. The van der Waals surface area contributed by atoms with Crippen LogP contribution in [0.4, 0.5) is 4.39 Å². The van der Waals surface area contributed by atoms with Crippen LogP contribution in [0.3, 0.4) is 0 Å². The Morgan fingerprint density at radius 3 is 2.73 bits per heavy atom. The maximum Gasteiger partial charge on any atom is 0.194 e. The molecule has 1 heterocycles. The third-order valence-electron chi connectivity index (χ3n) is 5.08. The summed E-state index contributed by atoms with van der Waals surface area (Å²) in [6.07, 6.45) is 0.458. The molecule has 0 aromatic heterocycles. The van der Waals surface area contributed by atoms with Crippen molar-refractivity contribution in [1.82, 2.24) is 10.2 Å². The molecule has 2 unspecified atom stereocenters. The molecular formula is C23H30FN3O3. The van der Waals surface area contributed by atoms with Crippen molar-refractivity contribution in [3.8, 4) is 11.5 Å². The molecule has 0 spiro atoms. The fourth-order valence-electron chi connectivity index (χ4n) is 3.63. The maximum absolute atomic E-state index is 13.3. The van der Waals surface area contributed by atoms with Crippen molar-refractivity contribution in [2.24, 2.45) is 4.99 Å². The summed E-state index contributed by atoms with van der Waals surface area (Å²) >= 11 is 0. The van der Waals surface area contributed by atoms with E-state index in [1.54, 1.807) is 18.2 Å². The van der Waals surface area contributed by atoms with Gasteiger partial charge in [-0.2, -0.15) is 0 Å². The molecule has 2 atom stereocenters. The summed E-state index contributed by atoms with van der Waals surface area (Å²) in [4.78, 5) is 6.95. The number of hydrogen-bond donors (Lipinski definition) is 2.